The third kappa shape index (κ3) is 4.24. The molecule has 27 heavy (non-hydrogen) atoms. The van der Waals surface area contributed by atoms with Crippen LogP contribution in [0.25, 0.3) is 5.57 Å². The number of aryl methyl sites for hydroxylation is 2. The topological polar surface area (TPSA) is 39.4 Å². The van der Waals surface area contributed by atoms with Gasteiger partial charge in [0.1, 0.15) is 17.3 Å². The second kappa shape index (κ2) is 8.43. The molecule has 1 heterocycles. The van der Waals surface area contributed by atoms with Gasteiger partial charge in [-0.2, -0.15) is 0 Å². The molecule has 1 aromatic heterocycles. The molecule has 0 saturated heterocycles. The fraction of sp³-hybridized carbons (Fsp3) is 0.375. The summed E-state index contributed by atoms with van der Waals surface area (Å²) in [6, 6.07) is 8.01. The summed E-state index contributed by atoms with van der Waals surface area (Å²) >= 11 is 0. The third-order valence-corrected chi connectivity index (χ3v) is 5.49. The first-order valence-electron chi connectivity index (χ1n) is 9.63. The van der Waals surface area contributed by atoms with Crippen molar-refractivity contribution in [2.24, 2.45) is 5.92 Å². The van der Waals surface area contributed by atoms with E-state index in [1.165, 1.54) is 22.3 Å². The van der Waals surface area contributed by atoms with Gasteiger partial charge in [-0.15, -0.1) is 0 Å². The largest absolute Gasteiger partial charge is 0.496 e. The van der Waals surface area contributed by atoms with Crippen molar-refractivity contribution in [2.45, 2.75) is 46.5 Å². The van der Waals surface area contributed by atoms with Crippen LogP contribution in [0, 0.1) is 19.8 Å². The lowest BCUT2D eigenvalue weighted by molar-refractivity contribution is -0.118. The summed E-state index contributed by atoms with van der Waals surface area (Å²) in [7, 11) is 1.66. The Morgan fingerprint density at radius 3 is 2.63 bits per heavy atom. The number of allylic oxidation sites excluding steroid dienone is 4. The predicted octanol–water partition coefficient (Wildman–Crippen LogP) is 5.85. The van der Waals surface area contributed by atoms with Crippen molar-refractivity contribution in [2.75, 3.05) is 7.11 Å². The molecule has 0 amide bonds. The summed E-state index contributed by atoms with van der Waals surface area (Å²) in [6.07, 6.45) is 8.80. The second-order valence-electron chi connectivity index (χ2n) is 7.27. The van der Waals surface area contributed by atoms with Gasteiger partial charge < -0.3 is 9.15 Å². The maximum Gasteiger partial charge on any atom is 0.137 e. The van der Waals surface area contributed by atoms with Crippen molar-refractivity contribution in [3.8, 4) is 5.75 Å². The van der Waals surface area contributed by atoms with Crippen molar-refractivity contribution in [3.05, 3.63) is 70.7 Å². The summed E-state index contributed by atoms with van der Waals surface area (Å²) in [6.45, 7) is 6.31. The van der Waals surface area contributed by atoms with Crippen molar-refractivity contribution in [1.29, 1.82) is 0 Å². The molecule has 1 atom stereocenters. The summed E-state index contributed by atoms with van der Waals surface area (Å²) in [5, 5.41) is 0. The van der Waals surface area contributed by atoms with E-state index in [2.05, 4.69) is 39.0 Å². The highest BCUT2D eigenvalue weighted by atomic mass is 16.5. The Balaban J connectivity index is 1.61. The maximum atomic E-state index is 12.6. The Kier molecular flexibility index (Phi) is 6.00. The Labute approximate surface area is 161 Å². The number of methoxy groups -OCH3 is 1. The van der Waals surface area contributed by atoms with Crippen LogP contribution in [0.2, 0.25) is 0 Å². The molecule has 1 unspecified atom stereocenters. The number of hydrogen-bond donors (Lipinski definition) is 0. The van der Waals surface area contributed by atoms with Gasteiger partial charge in [0.25, 0.3) is 0 Å². The maximum absolute atomic E-state index is 12.6. The molecular formula is C24H28O3. The number of ketones is 1. The molecule has 1 aliphatic carbocycles. The molecule has 2 aromatic rings. The number of ether oxygens (including phenoxy) is 1. The molecule has 0 N–H and O–H groups in total. The van der Waals surface area contributed by atoms with Crippen LogP contribution in [-0.4, -0.2) is 12.9 Å². The zero-order chi connectivity index (χ0) is 19.4. The van der Waals surface area contributed by atoms with Crippen LogP contribution in [0.15, 0.2) is 52.7 Å². The SMILES string of the molecule is CCC1C(CCC(=O)Cc2cc(C)c(C)cc2OC)=CC=C1c1ccco1. The lowest BCUT2D eigenvalue weighted by atomic mass is 9.88. The van der Waals surface area contributed by atoms with E-state index in [-0.39, 0.29) is 5.78 Å². The van der Waals surface area contributed by atoms with Gasteiger partial charge in [0.2, 0.25) is 0 Å². The zero-order valence-corrected chi connectivity index (χ0v) is 16.7. The number of carbonyl (C=O) groups is 1. The van der Waals surface area contributed by atoms with Crippen LogP contribution in [0.3, 0.4) is 0 Å². The van der Waals surface area contributed by atoms with Gasteiger partial charge in [0.05, 0.1) is 13.4 Å². The van der Waals surface area contributed by atoms with Crippen LogP contribution < -0.4 is 4.74 Å². The van der Waals surface area contributed by atoms with Crippen molar-refractivity contribution in [3.63, 3.8) is 0 Å². The van der Waals surface area contributed by atoms with Crippen molar-refractivity contribution >= 4 is 11.4 Å². The zero-order valence-electron chi connectivity index (χ0n) is 16.7. The van der Waals surface area contributed by atoms with Crippen molar-refractivity contribution < 1.29 is 13.9 Å². The average Bonchev–Trinajstić information content (AvgIpc) is 3.31. The normalized spacial score (nSPS) is 16.2. The molecule has 1 aromatic carbocycles. The Bertz CT molecular complexity index is 869. The highest BCUT2D eigenvalue weighted by molar-refractivity contribution is 5.82. The minimum Gasteiger partial charge on any atom is -0.496 e. The highest BCUT2D eigenvalue weighted by Crippen LogP contribution is 2.38. The lowest BCUT2D eigenvalue weighted by Gasteiger charge is -2.16. The molecule has 3 heteroatoms. The molecular weight excluding hydrogens is 336 g/mol. The quantitative estimate of drug-likeness (QED) is 0.590. The first-order valence-corrected chi connectivity index (χ1v) is 9.63. The fourth-order valence-electron chi connectivity index (χ4n) is 3.83. The van der Waals surface area contributed by atoms with Gasteiger partial charge in [0, 0.05) is 29.9 Å². The molecule has 0 saturated carbocycles. The van der Waals surface area contributed by atoms with Gasteiger partial charge in [-0.25, -0.2) is 0 Å². The van der Waals surface area contributed by atoms with Crippen LogP contribution in [-0.2, 0) is 11.2 Å². The number of Topliss-reactive ketones (excluding diaryl/α,β-unsaturated/α-hetero) is 1. The van der Waals surface area contributed by atoms with Gasteiger partial charge in [-0.05, 0) is 56.0 Å². The van der Waals surface area contributed by atoms with Gasteiger partial charge >= 0.3 is 0 Å². The summed E-state index contributed by atoms with van der Waals surface area (Å²) in [5.74, 6) is 2.33. The van der Waals surface area contributed by atoms with E-state index >= 15 is 0 Å². The average molecular weight is 364 g/mol. The van der Waals surface area contributed by atoms with E-state index in [0.29, 0.717) is 18.8 Å². The minimum atomic E-state index is 0.249. The molecule has 3 nitrogen and oxygen atoms in total. The number of benzene rings is 1. The number of rotatable bonds is 8. The van der Waals surface area contributed by atoms with Gasteiger partial charge in [-0.1, -0.05) is 30.7 Å². The number of hydrogen-bond acceptors (Lipinski definition) is 3. The molecule has 3 rings (SSSR count). The lowest BCUT2D eigenvalue weighted by Crippen LogP contribution is -2.08. The Morgan fingerprint density at radius 1 is 1.19 bits per heavy atom. The molecule has 0 spiro atoms. The molecule has 0 radical (unpaired) electrons. The van der Waals surface area contributed by atoms with E-state index in [1.807, 2.05) is 18.2 Å². The van der Waals surface area contributed by atoms with Crippen LogP contribution in [0.1, 0.15) is 48.6 Å². The predicted molar refractivity (Wildman–Crippen MR) is 109 cm³/mol. The second-order valence-corrected chi connectivity index (χ2v) is 7.27. The first-order chi connectivity index (χ1) is 13.0. The van der Waals surface area contributed by atoms with E-state index in [4.69, 9.17) is 9.15 Å². The van der Waals surface area contributed by atoms with E-state index in [9.17, 15) is 4.79 Å². The van der Waals surface area contributed by atoms with E-state index in [0.717, 1.165) is 29.9 Å². The Hall–Kier alpha value is -2.55. The van der Waals surface area contributed by atoms with E-state index < -0.39 is 0 Å². The molecule has 1 aliphatic rings. The fourth-order valence-corrected chi connectivity index (χ4v) is 3.83. The number of carbonyl (C=O) groups excluding carboxylic acids is 1. The third-order valence-electron chi connectivity index (χ3n) is 5.49. The van der Waals surface area contributed by atoms with Crippen LogP contribution in [0.4, 0.5) is 0 Å². The van der Waals surface area contributed by atoms with Crippen LogP contribution in [0.5, 0.6) is 5.75 Å². The summed E-state index contributed by atoms with van der Waals surface area (Å²) < 4.78 is 11.0. The highest BCUT2D eigenvalue weighted by Gasteiger charge is 2.24. The van der Waals surface area contributed by atoms with Gasteiger partial charge in [0.15, 0.2) is 0 Å². The minimum absolute atomic E-state index is 0.249. The monoisotopic (exact) mass is 364 g/mol. The molecule has 142 valence electrons. The molecule has 0 fully saturated rings. The van der Waals surface area contributed by atoms with Crippen LogP contribution >= 0.6 is 0 Å². The Morgan fingerprint density at radius 2 is 1.96 bits per heavy atom. The standard InChI is InChI=1S/C24H28O3/c1-5-21-18(9-11-22(21)23-7-6-12-27-23)8-10-20(25)15-19-13-16(2)17(3)14-24(19)26-4/h6-7,9,11-14,21H,5,8,10,15H2,1-4H3. The smallest absolute Gasteiger partial charge is 0.137 e. The van der Waals surface area contributed by atoms with E-state index in [1.54, 1.807) is 13.4 Å². The first kappa shape index (κ1) is 19.2. The summed E-state index contributed by atoms with van der Waals surface area (Å²) in [4.78, 5) is 12.6. The molecule has 0 aliphatic heterocycles. The number of furan rings is 1. The summed E-state index contributed by atoms with van der Waals surface area (Å²) in [5.41, 5.74) is 5.90. The van der Waals surface area contributed by atoms with Gasteiger partial charge in [-0.3, -0.25) is 4.79 Å². The molecule has 0 bridgehead atoms. The van der Waals surface area contributed by atoms with Crippen molar-refractivity contribution in [1.82, 2.24) is 0 Å².